The third-order valence-corrected chi connectivity index (χ3v) is 2.70. The first-order valence-electron chi connectivity index (χ1n) is 5.74. The maximum Gasteiger partial charge on any atom is 0.434 e. The van der Waals surface area contributed by atoms with Crippen LogP contribution in [0, 0.1) is 0 Å². The molecule has 0 spiro atoms. The number of hydrogen-bond donors (Lipinski definition) is 1. The van der Waals surface area contributed by atoms with Crippen molar-refractivity contribution < 1.29 is 17.6 Å². The Hall–Kier alpha value is -2.84. The van der Waals surface area contributed by atoms with E-state index in [1.165, 1.54) is 4.57 Å². The molecule has 3 rings (SSSR count). The van der Waals surface area contributed by atoms with Crippen molar-refractivity contribution in [2.45, 2.75) is 6.18 Å². The molecule has 0 aliphatic rings. The largest absolute Gasteiger partial charge is 0.434 e. The van der Waals surface area contributed by atoms with Crippen LogP contribution in [0.1, 0.15) is 5.69 Å². The van der Waals surface area contributed by atoms with Crippen LogP contribution in [-0.2, 0) is 6.18 Å². The van der Waals surface area contributed by atoms with E-state index < -0.39 is 11.9 Å². The van der Waals surface area contributed by atoms with Gasteiger partial charge in [-0.25, -0.2) is 4.98 Å². The lowest BCUT2D eigenvalue weighted by Gasteiger charge is -2.04. The minimum absolute atomic E-state index is 0.0857. The van der Waals surface area contributed by atoms with Gasteiger partial charge in [-0.3, -0.25) is 0 Å². The Morgan fingerprint density at radius 3 is 2.62 bits per heavy atom. The molecular formula is C12H8F3N5O. The number of nitrogen functional groups attached to an aromatic ring is 1. The van der Waals surface area contributed by atoms with Gasteiger partial charge in [0.25, 0.3) is 0 Å². The van der Waals surface area contributed by atoms with Gasteiger partial charge in [0.2, 0.25) is 5.89 Å². The summed E-state index contributed by atoms with van der Waals surface area (Å²) in [6.07, 6.45) is -2.49. The molecule has 0 atom stereocenters. The zero-order valence-electron chi connectivity index (χ0n) is 10.4. The molecule has 0 bridgehead atoms. The molecule has 0 amide bonds. The fourth-order valence-corrected chi connectivity index (χ4v) is 1.76. The summed E-state index contributed by atoms with van der Waals surface area (Å²) in [5.74, 6) is 0.186. The van der Waals surface area contributed by atoms with Crippen LogP contribution in [0.4, 0.5) is 19.2 Å². The Morgan fingerprint density at radius 2 is 2.00 bits per heavy atom. The van der Waals surface area contributed by atoms with Crippen LogP contribution in [0.3, 0.4) is 0 Å². The molecule has 9 heteroatoms. The second-order valence-corrected chi connectivity index (χ2v) is 4.16. The van der Waals surface area contributed by atoms with E-state index in [1.54, 1.807) is 24.3 Å². The Balaban J connectivity index is 1.98. The maximum absolute atomic E-state index is 12.5. The minimum Gasteiger partial charge on any atom is -0.404 e. The summed E-state index contributed by atoms with van der Waals surface area (Å²) in [5, 5.41) is 7.24. The second-order valence-electron chi connectivity index (χ2n) is 4.16. The predicted octanol–water partition coefficient (Wildman–Crippen LogP) is 2.52. The van der Waals surface area contributed by atoms with Crippen molar-refractivity contribution in [1.82, 2.24) is 19.7 Å². The Bertz CT molecular complexity index is 777. The van der Waals surface area contributed by atoms with Crippen molar-refractivity contribution in [3.05, 3.63) is 42.5 Å². The van der Waals surface area contributed by atoms with Crippen molar-refractivity contribution in [1.29, 1.82) is 0 Å². The van der Waals surface area contributed by atoms with Crippen LogP contribution in [0.25, 0.3) is 17.1 Å². The molecule has 0 saturated carbocycles. The Kier molecular flexibility index (Phi) is 2.89. The topological polar surface area (TPSA) is 82.8 Å². The average Bonchev–Trinajstić information content (AvgIpc) is 3.07. The quantitative estimate of drug-likeness (QED) is 0.785. The maximum atomic E-state index is 12.5. The summed E-state index contributed by atoms with van der Waals surface area (Å²) in [6, 6.07) is 6.47. The van der Waals surface area contributed by atoms with Crippen molar-refractivity contribution in [3.63, 3.8) is 0 Å². The molecule has 2 aromatic heterocycles. The number of halogens is 3. The lowest BCUT2D eigenvalue weighted by atomic mass is 10.2. The molecule has 108 valence electrons. The highest BCUT2D eigenvalue weighted by atomic mass is 19.4. The van der Waals surface area contributed by atoms with E-state index in [4.69, 9.17) is 10.2 Å². The highest BCUT2D eigenvalue weighted by Gasteiger charge is 2.33. The molecule has 1 aromatic carbocycles. The predicted molar refractivity (Wildman–Crippen MR) is 66.3 cm³/mol. The van der Waals surface area contributed by atoms with Crippen molar-refractivity contribution >= 4 is 6.01 Å². The number of benzene rings is 1. The summed E-state index contributed by atoms with van der Waals surface area (Å²) < 4.78 is 43.9. The van der Waals surface area contributed by atoms with E-state index in [1.807, 2.05) is 0 Å². The standard InChI is InChI=1S/C12H8F3N5O/c13-12(14,15)9-5-20(6-17-9)8-3-1-2-7(4-8)10-18-19-11(16)21-10/h1-6H,(H2,16,19). The molecule has 0 saturated heterocycles. The molecule has 0 aliphatic carbocycles. The molecule has 0 radical (unpaired) electrons. The van der Waals surface area contributed by atoms with Crippen LogP contribution >= 0.6 is 0 Å². The number of anilines is 1. The smallest absolute Gasteiger partial charge is 0.404 e. The van der Waals surface area contributed by atoms with E-state index in [0.29, 0.717) is 11.3 Å². The third kappa shape index (κ3) is 2.57. The number of imidazole rings is 1. The van der Waals surface area contributed by atoms with Crippen molar-refractivity contribution in [2.75, 3.05) is 5.73 Å². The number of nitrogens with two attached hydrogens (primary N) is 1. The first kappa shape index (κ1) is 13.2. The minimum atomic E-state index is -4.48. The van der Waals surface area contributed by atoms with Crippen LogP contribution in [0.5, 0.6) is 0 Å². The first-order valence-corrected chi connectivity index (χ1v) is 5.74. The van der Waals surface area contributed by atoms with Gasteiger partial charge in [0, 0.05) is 17.4 Å². The molecule has 2 heterocycles. The number of nitrogens with zero attached hydrogens (tertiary/aromatic N) is 4. The summed E-state index contributed by atoms with van der Waals surface area (Å²) in [5.41, 5.74) is 5.39. The Labute approximate surface area is 116 Å². The summed E-state index contributed by atoms with van der Waals surface area (Å²) >= 11 is 0. The van der Waals surface area contributed by atoms with E-state index >= 15 is 0 Å². The summed E-state index contributed by atoms with van der Waals surface area (Å²) in [4.78, 5) is 3.34. The van der Waals surface area contributed by atoms with E-state index in [-0.39, 0.29) is 11.9 Å². The van der Waals surface area contributed by atoms with Gasteiger partial charge >= 0.3 is 12.2 Å². The number of aromatic nitrogens is 4. The normalized spacial score (nSPS) is 11.8. The van der Waals surface area contributed by atoms with Crippen LogP contribution in [-0.4, -0.2) is 19.7 Å². The molecule has 0 fully saturated rings. The molecular weight excluding hydrogens is 287 g/mol. The third-order valence-electron chi connectivity index (χ3n) is 2.70. The average molecular weight is 295 g/mol. The molecule has 3 aromatic rings. The summed E-state index contributed by atoms with van der Waals surface area (Å²) in [7, 11) is 0. The highest BCUT2D eigenvalue weighted by Crippen LogP contribution is 2.28. The number of hydrogen-bond acceptors (Lipinski definition) is 5. The van der Waals surface area contributed by atoms with Crippen LogP contribution in [0.2, 0.25) is 0 Å². The van der Waals surface area contributed by atoms with Crippen molar-refractivity contribution in [2.24, 2.45) is 0 Å². The van der Waals surface area contributed by atoms with E-state index in [0.717, 1.165) is 12.5 Å². The molecule has 2 N–H and O–H groups in total. The summed E-state index contributed by atoms with van der Waals surface area (Å²) in [6.45, 7) is 0. The van der Waals surface area contributed by atoms with Crippen LogP contribution < -0.4 is 5.73 Å². The number of rotatable bonds is 2. The van der Waals surface area contributed by atoms with Gasteiger partial charge in [0.05, 0.1) is 6.33 Å². The van der Waals surface area contributed by atoms with Gasteiger partial charge in [-0.15, -0.1) is 5.10 Å². The highest BCUT2D eigenvalue weighted by molar-refractivity contribution is 5.57. The zero-order valence-corrected chi connectivity index (χ0v) is 10.4. The second kappa shape index (κ2) is 4.62. The first-order chi connectivity index (χ1) is 9.93. The van der Waals surface area contributed by atoms with Gasteiger partial charge < -0.3 is 14.7 Å². The molecule has 21 heavy (non-hydrogen) atoms. The molecule has 0 unspecified atom stereocenters. The van der Waals surface area contributed by atoms with E-state index in [9.17, 15) is 13.2 Å². The van der Waals surface area contributed by atoms with Gasteiger partial charge in [0.1, 0.15) is 0 Å². The van der Waals surface area contributed by atoms with Gasteiger partial charge in [-0.1, -0.05) is 11.2 Å². The molecule has 0 aliphatic heterocycles. The lowest BCUT2D eigenvalue weighted by Crippen LogP contribution is -2.04. The zero-order chi connectivity index (χ0) is 15.0. The van der Waals surface area contributed by atoms with Gasteiger partial charge in [0.15, 0.2) is 5.69 Å². The SMILES string of the molecule is Nc1nnc(-c2cccc(-n3cnc(C(F)(F)F)c3)c2)o1. The monoisotopic (exact) mass is 295 g/mol. The molecule has 6 nitrogen and oxygen atoms in total. The van der Waals surface area contributed by atoms with Gasteiger partial charge in [-0.05, 0) is 18.2 Å². The van der Waals surface area contributed by atoms with Gasteiger partial charge in [-0.2, -0.15) is 13.2 Å². The van der Waals surface area contributed by atoms with Crippen molar-refractivity contribution in [3.8, 4) is 17.1 Å². The van der Waals surface area contributed by atoms with E-state index in [2.05, 4.69) is 15.2 Å². The number of alkyl halides is 3. The van der Waals surface area contributed by atoms with Crippen LogP contribution in [0.15, 0.2) is 41.2 Å². The fraction of sp³-hybridized carbons (Fsp3) is 0.0833. The fourth-order valence-electron chi connectivity index (χ4n) is 1.76. The Morgan fingerprint density at radius 1 is 1.19 bits per heavy atom. The lowest BCUT2D eigenvalue weighted by molar-refractivity contribution is -0.140.